The van der Waals surface area contributed by atoms with Gasteiger partial charge in [-0.15, -0.1) is 0 Å². The summed E-state index contributed by atoms with van der Waals surface area (Å²) in [7, 11) is 0. The molecule has 6 heteroatoms. The summed E-state index contributed by atoms with van der Waals surface area (Å²) in [6.07, 6.45) is 1.24. The van der Waals surface area contributed by atoms with Gasteiger partial charge in [0.25, 0.3) is 0 Å². The summed E-state index contributed by atoms with van der Waals surface area (Å²) in [6.45, 7) is 8.82. The minimum Gasteiger partial charge on any atom is -0.443 e. The van der Waals surface area contributed by atoms with Gasteiger partial charge in [-0.2, -0.15) is 0 Å². The van der Waals surface area contributed by atoms with Crippen molar-refractivity contribution in [2.45, 2.75) is 39.7 Å². The Hall–Kier alpha value is -2.34. The SMILES string of the molecule is CC(C)(C)OC(=O)N1CCc2c1ccc1[nH]c(C=O)cc21.CCN. The number of fused-ring (bicyclic) bond motifs is 3. The van der Waals surface area contributed by atoms with Crippen molar-refractivity contribution >= 4 is 29.0 Å². The Morgan fingerprint density at radius 2 is 2.08 bits per heavy atom. The number of carbonyl (C=O) groups excluding carboxylic acids is 2. The van der Waals surface area contributed by atoms with E-state index in [0.717, 1.165) is 41.4 Å². The van der Waals surface area contributed by atoms with Crippen molar-refractivity contribution in [2.24, 2.45) is 5.73 Å². The van der Waals surface area contributed by atoms with Gasteiger partial charge in [0.05, 0.1) is 11.4 Å². The predicted octanol–water partition coefficient (Wildman–Crippen LogP) is 3.24. The first-order valence-electron chi connectivity index (χ1n) is 8.11. The highest BCUT2D eigenvalue weighted by Crippen LogP contribution is 2.35. The standard InChI is InChI=1S/C16H18N2O3.C2H7N/c1-16(2,3)21-15(20)18-7-6-11-12-8-10(9-19)17-13(12)4-5-14(11)18;1-2-3/h4-5,8-9,17H,6-7H2,1-3H3;2-3H2,1H3. The van der Waals surface area contributed by atoms with Gasteiger partial charge in [0.1, 0.15) is 5.60 Å². The fraction of sp³-hybridized carbons (Fsp3) is 0.444. The summed E-state index contributed by atoms with van der Waals surface area (Å²) in [5.41, 5.74) is 7.76. The number of aromatic amines is 1. The van der Waals surface area contributed by atoms with Gasteiger partial charge in [0.15, 0.2) is 6.29 Å². The number of hydrogen-bond acceptors (Lipinski definition) is 4. The van der Waals surface area contributed by atoms with Gasteiger partial charge in [-0.25, -0.2) is 4.79 Å². The zero-order valence-corrected chi connectivity index (χ0v) is 14.7. The normalized spacial score (nSPS) is 13.3. The Balaban J connectivity index is 0.000000647. The Bertz CT molecular complexity index is 744. The van der Waals surface area contributed by atoms with Crippen LogP contribution in [0.15, 0.2) is 18.2 Å². The van der Waals surface area contributed by atoms with Crippen molar-refractivity contribution in [2.75, 3.05) is 18.0 Å². The molecule has 0 bridgehead atoms. The van der Waals surface area contributed by atoms with E-state index in [9.17, 15) is 9.59 Å². The number of rotatable bonds is 1. The number of benzene rings is 1. The smallest absolute Gasteiger partial charge is 0.414 e. The lowest BCUT2D eigenvalue weighted by Crippen LogP contribution is -2.35. The summed E-state index contributed by atoms with van der Waals surface area (Å²) in [6, 6.07) is 5.63. The Morgan fingerprint density at radius 1 is 1.42 bits per heavy atom. The van der Waals surface area contributed by atoms with Crippen LogP contribution < -0.4 is 10.6 Å². The minimum atomic E-state index is -0.511. The molecule has 0 saturated carbocycles. The Morgan fingerprint density at radius 3 is 2.67 bits per heavy atom. The Kier molecular flexibility index (Phi) is 5.29. The molecule has 24 heavy (non-hydrogen) atoms. The van der Waals surface area contributed by atoms with Gasteiger partial charge in [0.2, 0.25) is 0 Å². The monoisotopic (exact) mass is 331 g/mol. The molecule has 6 nitrogen and oxygen atoms in total. The number of nitrogens with one attached hydrogen (secondary N) is 1. The maximum absolute atomic E-state index is 12.3. The van der Waals surface area contributed by atoms with Crippen LogP contribution in [0.25, 0.3) is 10.9 Å². The molecule has 2 aromatic rings. The lowest BCUT2D eigenvalue weighted by Gasteiger charge is -2.24. The Labute approximate surface area is 142 Å². The van der Waals surface area contributed by atoms with Crippen molar-refractivity contribution in [3.63, 3.8) is 0 Å². The first-order chi connectivity index (χ1) is 11.3. The number of ether oxygens (including phenoxy) is 1. The van der Waals surface area contributed by atoms with Crippen LogP contribution in [0.2, 0.25) is 0 Å². The van der Waals surface area contributed by atoms with E-state index in [1.54, 1.807) is 4.90 Å². The van der Waals surface area contributed by atoms with Gasteiger partial charge in [-0.3, -0.25) is 9.69 Å². The second-order valence-electron chi connectivity index (χ2n) is 6.66. The minimum absolute atomic E-state index is 0.327. The maximum atomic E-state index is 12.3. The lowest BCUT2D eigenvalue weighted by atomic mass is 10.1. The molecule has 0 spiro atoms. The summed E-state index contributed by atoms with van der Waals surface area (Å²) in [4.78, 5) is 27.9. The molecular weight excluding hydrogens is 306 g/mol. The highest BCUT2D eigenvalue weighted by Gasteiger charge is 2.30. The molecule has 3 N–H and O–H groups in total. The molecule has 0 fully saturated rings. The van der Waals surface area contributed by atoms with Crippen LogP contribution in [0.4, 0.5) is 10.5 Å². The van der Waals surface area contributed by atoms with Crippen molar-refractivity contribution < 1.29 is 14.3 Å². The zero-order chi connectivity index (χ0) is 17.9. The van der Waals surface area contributed by atoms with Gasteiger partial charge >= 0.3 is 6.09 Å². The molecular formula is C18H25N3O3. The van der Waals surface area contributed by atoms with Gasteiger partial charge in [0, 0.05) is 17.4 Å². The first kappa shape index (κ1) is 18.0. The number of aromatic nitrogens is 1. The van der Waals surface area contributed by atoms with Crippen LogP contribution in [0.1, 0.15) is 43.7 Å². The number of anilines is 1. The molecule has 1 amide bonds. The number of aldehydes is 1. The second kappa shape index (κ2) is 7.05. The number of nitrogens with two attached hydrogens (primary N) is 1. The van der Waals surface area contributed by atoms with Crippen molar-refractivity contribution in [3.05, 3.63) is 29.5 Å². The topological polar surface area (TPSA) is 88.4 Å². The third kappa shape index (κ3) is 3.76. The van der Waals surface area contributed by atoms with E-state index < -0.39 is 5.60 Å². The van der Waals surface area contributed by atoms with Crippen molar-refractivity contribution in [3.8, 4) is 0 Å². The number of hydrogen-bond donors (Lipinski definition) is 2. The third-order valence-electron chi connectivity index (χ3n) is 3.53. The molecule has 2 heterocycles. The van der Waals surface area contributed by atoms with E-state index in [0.29, 0.717) is 12.2 Å². The van der Waals surface area contributed by atoms with Gasteiger partial charge < -0.3 is 15.5 Å². The first-order valence-corrected chi connectivity index (χ1v) is 8.11. The van der Waals surface area contributed by atoms with E-state index >= 15 is 0 Å². The number of nitrogens with zero attached hydrogens (tertiary/aromatic N) is 1. The van der Waals surface area contributed by atoms with Crippen LogP contribution in [-0.4, -0.2) is 36.1 Å². The molecule has 1 aromatic heterocycles. The average Bonchev–Trinajstić information content (AvgIpc) is 3.09. The van der Waals surface area contributed by atoms with Crippen LogP contribution in [0.5, 0.6) is 0 Å². The quantitative estimate of drug-likeness (QED) is 0.785. The lowest BCUT2D eigenvalue weighted by molar-refractivity contribution is 0.0584. The molecule has 1 aromatic carbocycles. The fourth-order valence-corrected chi connectivity index (χ4v) is 2.70. The number of H-pyrrole nitrogens is 1. The second-order valence-corrected chi connectivity index (χ2v) is 6.66. The maximum Gasteiger partial charge on any atom is 0.414 e. The third-order valence-corrected chi connectivity index (χ3v) is 3.53. The molecule has 1 aliphatic rings. The van der Waals surface area contributed by atoms with E-state index in [1.807, 2.05) is 45.9 Å². The van der Waals surface area contributed by atoms with Crippen molar-refractivity contribution in [1.82, 2.24) is 4.98 Å². The molecule has 130 valence electrons. The average molecular weight is 331 g/mol. The largest absolute Gasteiger partial charge is 0.443 e. The van der Waals surface area contributed by atoms with Crippen molar-refractivity contribution in [1.29, 1.82) is 0 Å². The highest BCUT2D eigenvalue weighted by molar-refractivity contribution is 5.99. The van der Waals surface area contributed by atoms with Crippen LogP contribution in [-0.2, 0) is 11.2 Å². The molecule has 0 saturated heterocycles. The molecule has 3 rings (SSSR count). The molecule has 0 aliphatic carbocycles. The van der Waals surface area contributed by atoms with Crippen LogP contribution in [0.3, 0.4) is 0 Å². The fourth-order valence-electron chi connectivity index (χ4n) is 2.70. The summed E-state index contributed by atoms with van der Waals surface area (Å²) < 4.78 is 5.44. The van der Waals surface area contributed by atoms with Crippen LogP contribution in [0, 0.1) is 0 Å². The summed E-state index contributed by atoms with van der Waals surface area (Å²) >= 11 is 0. The zero-order valence-electron chi connectivity index (χ0n) is 14.7. The van der Waals surface area contributed by atoms with E-state index in [-0.39, 0.29) is 6.09 Å². The summed E-state index contributed by atoms with van der Waals surface area (Å²) in [5.74, 6) is 0. The molecule has 0 radical (unpaired) electrons. The molecule has 1 aliphatic heterocycles. The van der Waals surface area contributed by atoms with E-state index in [4.69, 9.17) is 10.5 Å². The van der Waals surface area contributed by atoms with Gasteiger partial charge in [-0.05, 0) is 57.5 Å². The highest BCUT2D eigenvalue weighted by atomic mass is 16.6. The van der Waals surface area contributed by atoms with Crippen LogP contribution >= 0.6 is 0 Å². The van der Waals surface area contributed by atoms with E-state index in [2.05, 4.69) is 4.98 Å². The molecule has 0 unspecified atom stereocenters. The predicted molar refractivity (Wildman–Crippen MR) is 95.7 cm³/mol. The van der Waals surface area contributed by atoms with Gasteiger partial charge in [-0.1, -0.05) is 6.92 Å². The molecule has 0 atom stereocenters. The number of amides is 1. The van der Waals surface area contributed by atoms with E-state index in [1.165, 1.54) is 0 Å². The number of carbonyl (C=O) groups is 2. The summed E-state index contributed by atoms with van der Waals surface area (Å²) in [5, 5.41) is 1.00.